The summed E-state index contributed by atoms with van der Waals surface area (Å²) in [6.45, 7) is 3.28. The second-order valence-corrected chi connectivity index (χ2v) is 14.4. The van der Waals surface area contributed by atoms with E-state index in [1.54, 1.807) is 29.2 Å². The minimum Gasteiger partial charge on any atom is -0.409 e. The van der Waals surface area contributed by atoms with E-state index in [0.717, 1.165) is 33.0 Å². The second kappa shape index (κ2) is 11.1. The average molecular weight is 617 g/mol. The highest BCUT2D eigenvalue weighted by molar-refractivity contribution is 7.91. The lowest BCUT2D eigenvalue weighted by atomic mass is 10.1. The van der Waals surface area contributed by atoms with Crippen LogP contribution in [-0.4, -0.2) is 91.9 Å². The minimum atomic E-state index is -3.86. The zero-order chi connectivity index (χ0) is 28.7. The number of thiophene rings is 1. The third-order valence-corrected chi connectivity index (χ3v) is 11.9. The summed E-state index contributed by atoms with van der Waals surface area (Å²) in [4.78, 5) is 21.2. The van der Waals surface area contributed by atoms with E-state index in [1.807, 2.05) is 0 Å². The Hall–Kier alpha value is -3.51. The van der Waals surface area contributed by atoms with Crippen molar-refractivity contribution in [2.24, 2.45) is 10.9 Å². The summed E-state index contributed by atoms with van der Waals surface area (Å²) in [5.74, 6) is 0.248. The van der Waals surface area contributed by atoms with E-state index < -0.39 is 16.1 Å². The number of hydrogen-bond donors (Lipinski definition) is 4. The maximum Gasteiger partial charge on any atom is 0.283 e. The molecule has 2 atom stereocenters. The van der Waals surface area contributed by atoms with Gasteiger partial charge in [-0.3, -0.25) is 4.79 Å². The van der Waals surface area contributed by atoms with Crippen LogP contribution in [0.2, 0.25) is 0 Å². The normalized spacial score (nSPS) is 20.4. The Morgan fingerprint density at radius 2 is 2.12 bits per heavy atom. The molecule has 5 N–H and O–H groups in total. The first-order chi connectivity index (χ1) is 19.7. The molecule has 216 valence electrons. The number of carbonyl (C=O) groups excluding carboxylic acids is 1. The van der Waals surface area contributed by atoms with E-state index in [9.17, 15) is 13.2 Å². The van der Waals surface area contributed by atoms with Gasteiger partial charge in [-0.15, -0.1) is 32.9 Å². The van der Waals surface area contributed by atoms with Crippen molar-refractivity contribution in [3.8, 4) is 0 Å². The largest absolute Gasteiger partial charge is 0.409 e. The lowest BCUT2D eigenvalue weighted by Gasteiger charge is -2.40. The molecule has 0 bridgehead atoms. The van der Waals surface area contributed by atoms with Gasteiger partial charge in [0, 0.05) is 66.2 Å². The number of H-pyrrole nitrogens is 1. The molecule has 1 fully saturated rings. The zero-order valence-corrected chi connectivity index (χ0v) is 24.5. The molecule has 0 saturated carbocycles. The fourth-order valence-corrected chi connectivity index (χ4v) is 9.16. The van der Waals surface area contributed by atoms with Crippen LogP contribution in [0.1, 0.15) is 45.1 Å². The van der Waals surface area contributed by atoms with Gasteiger partial charge >= 0.3 is 0 Å². The van der Waals surface area contributed by atoms with Gasteiger partial charge < -0.3 is 21.2 Å². The highest BCUT2D eigenvalue weighted by Gasteiger charge is 2.38. The first kappa shape index (κ1) is 27.6. The quantitative estimate of drug-likeness (QED) is 0.101. The number of benzene rings is 1. The molecule has 1 amide bonds. The van der Waals surface area contributed by atoms with Gasteiger partial charge in [0.25, 0.3) is 15.9 Å². The monoisotopic (exact) mass is 616 g/mol. The summed E-state index contributed by atoms with van der Waals surface area (Å²) in [6.07, 6.45) is 1.65. The smallest absolute Gasteiger partial charge is 0.283 e. The Balaban J connectivity index is 1.26. The van der Waals surface area contributed by atoms with E-state index in [0.29, 0.717) is 47.2 Å². The Bertz CT molecular complexity index is 1720. The van der Waals surface area contributed by atoms with Crippen molar-refractivity contribution < 1.29 is 18.4 Å². The van der Waals surface area contributed by atoms with E-state index >= 15 is 0 Å². The number of oxime groups is 1. The number of fused-ring (bicyclic) bond motifs is 2. The van der Waals surface area contributed by atoms with Crippen LogP contribution >= 0.6 is 22.7 Å². The number of sulfonamides is 1. The van der Waals surface area contributed by atoms with Gasteiger partial charge in [-0.2, -0.15) is 9.52 Å². The number of amides is 1. The molecule has 4 aromatic rings. The van der Waals surface area contributed by atoms with Gasteiger partial charge in [0.1, 0.15) is 4.21 Å². The number of aromatic nitrogens is 5. The number of amidine groups is 1. The Morgan fingerprint density at radius 3 is 2.90 bits per heavy atom. The number of hydrogen-bond acceptors (Lipinski definition) is 12. The van der Waals surface area contributed by atoms with Gasteiger partial charge in [0.05, 0.1) is 5.69 Å². The van der Waals surface area contributed by atoms with Crippen LogP contribution in [0.25, 0.3) is 10.1 Å². The summed E-state index contributed by atoms with van der Waals surface area (Å²) in [6, 6.07) is 6.60. The SMILES string of the molecule is CC1Cc2nc(C(=O)N3CCN(S(=O)(=O)c4cc5cc(/C(N)=N/O)ccc5s4)CC3CCc3nn[nH]n3)sc2CN1. The molecule has 2 unspecified atom stereocenters. The molecule has 41 heavy (non-hydrogen) atoms. The van der Waals surface area contributed by atoms with Crippen molar-refractivity contribution in [2.45, 2.75) is 49.0 Å². The van der Waals surface area contributed by atoms with Crippen LogP contribution in [0.5, 0.6) is 0 Å². The average Bonchev–Trinajstić information content (AvgIpc) is 3.74. The van der Waals surface area contributed by atoms with Gasteiger partial charge in [0.15, 0.2) is 16.7 Å². The Kier molecular flexibility index (Phi) is 7.45. The molecule has 0 spiro atoms. The van der Waals surface area contributed by atoms with Crippen molar-refractivity contribution in [2.75, 3.05) is 19.6 Å². The fourth-order valence-electron chi connectivity index (χ4n) is 5.16. The molecular weight excluding hydrogens is 589 g/mol. The van der Waals surface area contributed by atoms with Gasteiger partial charge in [-0.1, -0.05) is 10.4 Å². The van der Waals surface area contributed by atoms with Crippen molar-refractivity contribution in [1.82, 2.24) is 40.1 Å². The van der Waals surface area contributed by atoms with Crippen LogP contribution in [-0.2, 0) is 29.4 Å². The molecule has 6 rings (SSSR count). The van der Waals surface area contributed by atoms with Crippen LogP contribution in [0.4, 0.5) is 0 Å². The van der Waals surface area contributed by atoms with Gasteiger partial charge in [0.2, 0.25) is 0 Å². The number of thiazole rings is 1. The molecule has 0 radical (unpaired) electrons. The lowest BCUT2D eigenvalue weighted by molar-refractivity contribution is 0.0550. The topological polar surface area (TPSA) is 196 Å². The highest BCUT2D eigenvalue weighted by Crippen LogP contribution is 2.33. The number of piperazine rings is 1. The number of carbonyl (C=O) groups is 1. The molecule has 5 heterocycles. The van der Waals surface area contributed by atoms with Crippen molar-refractivity contribution in [1.29, 1.82) is 0 Å². The zero-order valence-electron chi connectivity index (χ0n) is 22.0. The summed E-state index contributed by atoms with van der Waals surface area (Å²) >= 11 is 2.56. The lowest BCUT2D eigenvalue weighted by Crippen LogP contribution is -2.56. The molecule has 2 aliphatic rings. The van der Waals surface area contributed by atoms with Crippen LogP contribution in [0.3, 0.4) is 0 Å². The first-order valence-electron chi connectivity index (χ1n) is 13.0. The minimum absolute atomic E-state index is 0.0559. The molecule has 17 heteroatoms. The molecule has 1 aromatic carbocycles. The number of nitrogens with one attached hydrogen (secondary N) is 2. The molecule has 3 aromatic heterocycles. The predicted molar refractivity (Wildman–Crippen MR) is 153 cm³/mol. The van der Waals surface area contributed by atoms with Crippen LogP contribution in [0, 0.1) is 0 Å². The molecule has 14 nitrogen and oxygen atoms in total. The van der Waals surface area contributed by atoms with E-state index in [2.05, 4.69) is 43.0 Å². The van der Waals surface area contributed by atoms with Crippen molar-refractivity contribution >= 4 is 54.5 Å². The Morgan fingerprint density at radius 1 is 1.27 bits per heavy atom. The summed E-state index contributed by atoms with van der Waals surface area (Å²) in [5, 5.41) is 30.6. The Labute approximate surface area is 243 Å². The number of tetrazole rings is 1. The van der Waals surface area contributed by atoms with E-state index in [-0.39, 0.29) is 35.6 Å². The summed E-state index contributed by atoms with van der Waals surface area (Å²) in [7, 11) is -3.86. The van der Waals surface area contributed by atoms with Gasteiger partial charge in [-0.05, 0) is 43.0 Å². The number of rotatable bonds is 7. The number of aromatic amines is 1. The maximum atomic E-state index is 13.8. The number of nitrogens with zero attached hydrogens (tertiary/aromatic N) is 7. The molecular formula is C24H28N10O4S3. The van der Waals surface area contributed by atoms with Crippen LogP contribution in [0.15, 0.2) is 33.6 Å². The maximum absolute atomic E-state index is 13.8. The van der Waals surface area contributed by atoms with E-state index in [4.69, 9.17) is 10.9 Å². The van der Waals surface area contributed by atoms with Gasteiger partial charge in [-0.25, -0.2) is 13.4 Å². The highest BCUT2D eigenvalue weighted by atomic mass is 32.2. The fraction of sp³-hybridized carbons (Fsp3) is 0.417. The van der Waals surface area contributed by atoms with Crippen molar-refractivity contribution in [3.63, 3.8) is 0 Å². The van der Waals surface area contributed by atoms with Crippen LogP contribution < -0.4 is 11.1 Å². The predicted octanol–water partition coefficient (Wildman–Crippen LogP) is 1.15. The number of nitrogens with two attached hydrogens (primary N) is 1. The molecule has 0 aliphatic carbocycles. The molecule has 2 aliphatic heterocycles. The third kappa shape index (κ3) is 5.42. The summed E-state index contributed by atoms with van der Waals surface area (Å²) in [5.41, 5.74) is 7.15. The molecule has 1 saturated heterocycles. The standard InChI is InChI=1S/C24H28N10O4S3/c1-13-8-17-19(11-26-13)40-23(27-17)24(35)34-7-6-33(12-16(34)3-5-20-28-31-32-29-20)41(37,38)21-10-15-9-14(22(25)30-36)2-4-18(15)39-21/h2,4,9-10,13,16,26,36H,3,5-8,11-12H2,1H3,(H2,25,30)(H,28,29,31,32). The second-order valence-electron chi connectivity index (χ2n) is 10.1. The van der Waals surface area contributed by atoms with E-state index in [1.165, 1.54) is 15.6 Å². The number of aryl methyl sites for hydroxylation is 1. The van der Waals surface area contributed by atoms with Crippen molar-refractivity contribution in [3.05, 3.63) is 51.2 Å². The summed E-state index contributed by atoms with van der Waals surface area (Å²) < 4.78 is 30.0. The third-order valence-electron chi connectivity index (χ3n) is 7.36. The first-order valence-corrected chi connectivity index (χ1v) is 16.1.